The molecule has 2 aliphatic carbocycles. The molecule has 0 radical (unpaired) electrons. The highest BCUT2D eigenvalue weighted by molar-refractivity contribution is 4.89. The maximum atomic E-state index is 10.8. The van der Waals surface area contributed by atoms with E-state index in [1.165, 1.54) is 51.4 Å². The third-order valence-corrected chi connectivity index (χ3v) is 5.92. The molecule has 21 heavy (non-hydrogen) atoms. The minimum atomic E-state index is -0.420. The van der Waals surface area contributed by atoms with Crippen LogP contribution in [0.25, 0.3) is 0 Å². The van der Waals surface area contributed by atoms with Crippen LogP contribution in [0.5, 0.6) is 0 Å². The molecule has 2 nitrogen and oxygen atoms in total. The molecular formula is C19H37NO. The molecule has 2 aliphatic rings. The van der Waals surface area contributed by atoms with Crippen molar-refractivity contribution in [2.24, 2.45) is 17.8 Å². The molecule has 2 atom stereocenters. The van der Waals surface area contributed by atoms with Crippen LogP contribution in [-0.4, -0.2) is 23.3 Å². The predicted molar refractivity (Wildman–Crippen MR) is 90.4 cm³/mol. The average Bonchev–Trinajstić information content (AvgIpc) is 2.46. The third kappa shape index (κ3) is 5.56. The van der Waals surface area contributed by atoms with E-state index in [0.717, 1.165) is 37.1 Å². The van der Waals surface area contributed by atoms with E-state index >= 15 is 0 Å². The quantitative estimate of drug-likeness (QED) is 0.755. The largest absolute Gasteiger partial charge is 0.389 e. The fourth-order valence-electron chi connectivity index (χ4n) is 4.49. The zero-order valence-electron chi connectivity index (χ0n) is 14.5. The Morgan fingerprint density at radius 3 is 2.43 bits per heavy atom. The van der Waals surface area contributed by atoms with Gasteiger partial charge < -0.3 is 10.4 Å². The van der Waals surface area contributed by atoms with Crippen LogP contribution >= 0.6 is 0 Å². The molecule has 2 unspecified atom stereocenters. The standard InChI is InChI=1S/C19H37NO/c1-4-16-8-10-19(21,11-9-16)14-20-18-7-5-6-17(13-18)12-15(2)3/h15-18,20-21H,4-14H2,1-3H3. The monoisotopic (exact) mass is 295 g/mol. The molecule has 2 N–H and O–H groups in total. The lowest BCUT2D eigenvalue weighted by molar-refractivity contribution is -0.0121. The number of hydrogen-bond donors (Lipinski definition) is 2. The molecule has 0 aromatic carbocycles. The Morgan fingerprint density at radius 1 is 1.10 bits per heavy atom. The average molecular weight is 296 g/mol. The van der Waals surface area contributed by atoms with Crippen molar-refractivity contribution in [1.82, 2.24) is 5.32 Å². The first-order chi connectivity index (χ1) is 10.0. The van der Waals surface area contributed by atoms with Crippen molar-refractivity contribution in [3.05, 3.63) is 0 Å². The highest BCUT2D eigenvalue weighted by atomic mass is 16.3. The Hall–Kier alpha value is -0.0800. The van der Waals surface area contributed by atoms with Crippen molar-refractivity contribution in [3.63, 3.8) is 0 Å². The van der Waals surface area contributed by atoms with Gasteiger partial charge in [-0.1, -0.05) is 40.0 Å². The molecule has 2 heteroatoms. The molecule has 2 fully saturated rings. The number of nitrogens with one attached hydrogen (secondary N) is 1. The maximum absolute atomic E-state index is 10.8. The Labute approximate surface area is 132 Å². The molecule has 0 saturated heterocycles. The van der Waals surface area contributed by atoms with Crippen molar-refractivity contribution in [2.75, 3.05) is 6.54 Å². The first-order valence-electron chi connectivity index (χ1n) is 9.46. The van der Waals surface area contributed by atoms with Crippen LogP contribution < -0.4 is 5.32 Å². The van der Waals surface area contributed by atoms with E-state index in [1.807, 2.05) is 0 Å². The minimum Gasteiger partial charge on any atom is -0.389 e. The van der Waals surface area contributed by atoms with Crippen molar-refractivity contribution in [3.8, 4) is 0 Å². The molecule has 0 bridgehead atoms. The van der Waals surface area contributed by atoms with Crippen LogP contribution in [0.4, 0.5) is 0 Å². The molecule has 0 amide bonds. The summed E-state index contributed by atoms with van der Waals surface area (Å²) in [5.41, 5.74) is -0.420. The van der Waals surface area contributed by atoms with Gasteiger partial charge in [0.1, 0.15) is 0 Å². The summed E-state index contributed by atoms with van der Waals surface area (Å²) < 4.78 is 0. The van der Waals surface area contributed by atoms with Crippen molar-refractivity contribution >= 4 is 0 Å². The zero-order chi connectivity index (χ0) is 15.3. The molecule has 0 aromatic rings. The van der Waals surface area contributed by atoms with E-state index in [0.29, 0.717) is 6.04 Å². The summed E-state index contributed by atoms with van der Waals surface area (Å²) >= 11 is 0. The predicted octanol–water partition coefficient (Wildman–Crippen LogP) is 4.51. The second kappa shape index (κ2) is 7.97. The van der Waals surface area contributed by atoms with E-state index in [1.54, 1.807) is 0 Å². The van der Waals surface area contributed by atoms with E-state index in [-0.39, 0.29) is 0 Å². The van der Waals surface area contributed by atoms with Crippen molar-refractivity contribution in [2.45, 2.75) is 96.6 Å². The zero-order valence-corrected chi connectivity index (χ0v) is 14.5. The molecule has 0 aromatic heterocycles. The SMILES string of the molecule is CCC1CCC(O)(CNC2CCCC(CC(C)C)C2)CC1. The van der Waals surface area contributed by atoms with Crippen LogP contribution in [0.15, 0.2) is 0 Å². The van der Waals surface area contributed by atoms with Crippen molar-refractivity contribution < 1.29 is 5.11 Å². The third-order valence-electron chi connectivity index (χ3n) is 5.92. The summed E-state index contributed by atoms with van der Waals surface area (Å²) in [5.74, 6) is 2.58. The van der Waals surface area contributed by atoms with Crippen LogP contribution in [0, 0.1) is 17.8 Å². The lowest BCUT2D eigenvalue weighted by Crippen LogP contribution is -2.47. The van der Waals surface area contributed by atoms with Crippen LogP contribution in [0.1, 0.15) is 85.0 Å². The van der Waals surface area contributed by atoms with E-state index < -0.39 is 5.60 Å². The van der Waals surface area contributed by atoms with Gasteiger partial charge in [-0.15, -0.1) is 0 Å². The minimum absolute atomic E-state index is 0.420. The fourth-order valence-corrected chi connectivity index (χ4v) is 4.49. The number of aliphatic hydroxyl groups is 1. The van der Waals surface area contributed by atoms with Gasteiger partial charge in [0, 0.05) is 12.6 Å². The highest BCUT2D eigenvalue weighted by Gasteiger charge is 2.33. The van der Waals surface area contributed by atoms with E-state index in [2.05, 4.69) is 26.1 Å². The Morgan fingerprint density at radius 2 is 1.81 bits per heavy atom. The summed E-state index contributed by atoms with van der Waals surface area (Å²) in [4.78, 5) is 0. The second-order valence-electron chi connectivity index (χ2n) is 8.32. The van der Waals surface area contributed by atoms with Crippen LogP contribution in [0.2, 0.25) is 0 Å². The summed E-state index contributed by atoms with van der Waals surface area (Å²) in [6.07, 6.45) is 12.5. The Kier molecular flexibility index (Phi) is 6.55. The van der Waals surface area contributed by atoms with Crippen LogP contribution in [-0.2, 0) is 0 Å². The number of rotatable bonds is 6. The first kappa shape index (κ1) is 17.3. The highest BCUT2D eigenvalue weighted by Crippen LogP contribution is 2.34. The van der Waals surface area contributed by atoms with Gasteiger partial charge in [-0.2, -0.15) is 0 Å². The van der Waals surface area contributed by atoms with E-state index in [9.17, 15) is 5.11 Å². The van der Waals surface area contributed by atoms with Gasteiger partial charge in [-0.3, -0.25) is 0 Å². The summed E-state index contributed by atoms with van der Waals surface area (Å²) in [7, 11) is 0. The van der Waals surface area contributed by atoms with Crippen LogP contribution in [0.3, 0.4) is 0 Å². The van der Waals surface area contributed by atoms with Crippen molar-refractivity contribution in [1.29, 1.82) is 0 Å². The fraction of sp³-hybridized carbons (Fsp3) is 1.00. The molecule has 2 saturated carbocycles. The second-order valence-corrected chi connectivity index (χ2v) is 8.32. The Balaban J connectivity index is 1.72. The first-order valence-corrected chi connectivity index (χ1v) is 9.46. The topological polar surface area (TPSA) is 32.3 Å². The van der Waals surface area contributed by atoms with Gasteiger partial charge in [0.15, 0.2) is 0 Å². The van der Waals surface area contributed by atoms with Gasteiger partial charge >= 0.3 is 0 Å². The lowest BCUT2D eigenvalue weighted by Gasteiger charge is -2.38. The van der Waals surface area contributed by atoms with Gasteiger partial charge in [0.05, 0.1) is 5.60 Å². The van der Waals surface area contributed by atoms with Gasteiger partial charge in [0.25, 0.3) is 0 Å². The van der Waals surface area contributed by atoms with Gasteiger partial charge in [-0.05, 0) is 62.7 Å². The Bertz CT molecular complexity index is 294. The number of hydrogen-bond acceptors (Lipinski definition) is 2. The molecule has 0 spiro atoms. The summed E-state index contributed by atoms with van der Waals surface area (Å²) in [5, 5.41) is 14.5. The normalized spacial score (nSPS) is 37.9. The lowest BCUT2D eigenvalue weighted by atomic mass is 9.77. The summed E-state index contributed by atoms with van der Waals surface area (Å²) in [6, 6.07) is 0.649. The summed E-state index contributed by atoms with van der Waals surface area (Å²) in [6.45, 7) is 7.78. The molecule has 124 valence electrons. The molecular weight excluding hydrogens is 258 g/mol. The maximum Gasteiger partial charge on any atom is 0.0771 e. The smallest absolute Gasteiger partial charge is 0.0771 e. The van der Waals surface area contributed by atoms with Gasteiger partial charge in [0.2, 0.25) is 0 Å². The van der Waals surface area contributed by atoms with Gasteiger partial charge in [-0.25, -0.2) is 0 Å². The molecule has 0 heterocycles. The molecule has 0 aliphatic heterocycles. The van der Waals surface area contributed by atoms with E-state index in [4.69, 9.17) is 0 Å². The molecule has 2 rings (SSSR count).